The van der Waals surface area contributed by atoms with E-state index in [0.717, 1.165) is 30.6 Å². The van der Waals surface area contributed by atoms with E-state index >= 15 is 0 Å². The Kier molecular flexibility index (Phi) is 4.84. The van der Waals surface area contributed by atoms with Crippen LogP contribution in [0.3, 0.4) is 0 Å². The largest absolute Gasteiger partial charge is 0.383 e. The van der Waals surface area contributed by atoms with E-state index in [2.05, 4.69) is 23.3 Å². The molecule has 3 heteroatoms. The number of hydrogen-bond donors (Lipinski definition) is 2. The van der Waals surface area contributed by atoms with Gasteiger partial charge in [0.1, 0.15) is 5.82 Å². The van der Waals surface area contributed by atoms with Crippen molar-refractivity contribution in [3.05, 3.63) is 29.5 Å². The Labute approximate surface area is 91.4 Å². The van der Waals surface area contributed by atoms with E-state index in [9.17, 15) is 0 Å². The van der Waals surface area contributed by atoms with Crippen LogP contribution in [0.15, 0.2) is 18.3 Å². The van der Waals surface area contributed by atoms with Crippen LogP contribution in [0.2, 0.25) is 0 Å². The van der Waals surface area contributed by atoms with Gasteiger partial charge in [0, 0.05) is 11.8 Å². The highest BCUT2D eigenvalue weighted by Gasteiger charge is 1.95. The second kappa shape index (κ2) is 6.19. The van der Waals surface area contributed by atoms with Crippen LogP contribution in [0.5, 0.6) is 0 Å². The first-order valence-electron chi connectivity index (χ1n) is 5.33. The highest BCUT2D eigenvalue weighted by molar-refractivity contribution is 5.61. The minimum absolute atomic E-state index is 0.598. The lowest BCUT2D eigenvalue weighted by Crippen LogP contribution is -2.12. The minimum Gasteiger partial charge on any atom is -0.383 e. The van der Waals surface area contributed by atoms with Crippen LogP contribution in [-0.2, 0) is 0 Å². The van der Waals surface area contributed by atoms with Gasteiger partial charge in [-0.2, -0.15) is 0 Å². The van der Waals surface area contributed by atoms with Gasteiger partial charge in [0.15, 0.2) is 0 Å². The van der Waals surface area contributed by atoms with Crippen LogP contribution < -0.4 is 11.1 Å². The number of hydrogen-bond acceptors (Lipinski definition) is 3. The first-order valence-corrected chi connectivity index (χ1v) is 5.33. The Morgan fingerprint density at radius 1 is 1.53 bits per heavy atom. The third-order valence-electron chi connectivity index (χ3n) is 2.12. The predicted octanol–water partition coefficient (Wildman–Crippen LogP) is 1.99. The van der Waals surface area contributed by atoms with Crippen molar-refractivity contribution >= 4 is 11.9 Å². The van der Waals surface area contributed by atoms with E-state index in [1.54, 1.807) is 6.20 Å². The van der Waals surface area contributed by atoms with Crippen molar-refractivity contribution in [2.24, 2.45) is 0 Å². The molecule has 0 aliphatic heterocycles. The first kappa shape index (κ1) is 11.7. The number of aryl methyl sites for hydroxylation is 1. The number of nitrogens with one attached hydrogen (secondary N) is 1. The summed E-state index contributed by atoms with van der Waals surface area (Å²) >= 11 is 0. The molecule has 0 saturated carbocycles. The molecule has 15 heavy (non-hydrogen) atoms. The van der Waals surface area contributed by atoms with Gasteiger partial charge in [-0.15, -0.1) is 0 Å². The van der Waals surface area contributed by atoms with Crippen LogP contribution in [0.1, 0.15) is 24.5 Å². The lowest BCUT2D eigenvalue weighted by molar-refractivity contribution is 0.727. The summed E-state index contributed by atoms with van der Waals surface area (Å²) in [5.74, 6) is 0.598. The highest BCUT2D eigenvalue weighted by Crippen LogP contribution is 2.12. The van der Waals surface area contributed by atoms with Gasteiger partial charge in [-0.1, -0.05) is 19.1 Å². The Bertz CT molecular complexity index is 332. The number of aromatic nitrogens is 1. The molecular formula is C12H19N3. The van der Waals surface area contributed by atoms with Gasteiger partial charge in [-0.05, 0) is 38.1 Å². The monoisotopic (exact) mass is 205 g/mol. The average Bonchev–Trinajstić information content (AvgIpc) is 2.23. The van der Waals surface area contributed by atoms with Crippen LogP contribution in [0, 0.1) is 6.92 Å². The van der Waals surface area contributed by atoms with E-state index in [-0.39, 0.29) is 0 Å². The first-order chi connectivity index (χ1) is 7.24. The Balaban J connectivity index is 2.52. The smallest absolute Gasteiger partial charge is 0.130 e. The molecule has 1 rings (SSSR count). The normalized spacial score (nSPS) is 11.1. The third-order valence-corrected chi connectivity index (χ3v) is 2.12. The van der Waals surface area contributed by atoms with Gasteiger partial charge in [0.25, 0.3) is 0 Å². The van der Waals surface area contributed by atoms with Gasteiger partial charge in [0.05, 0.1) is 0 Å². The molecule has 0 aliphatic rings. The fourth-order valence-corrected chi connectivity index (χ4v) is 1.31. The Morgan fingerprint density at radius 3 is 3.07 bits per heavy atom. The Hall–Kier alpha value is -1.35. The van der Waals surface area contributed by atoms with Crippen molar-refractivity contribution in [1.29, 1.82) is 0 Å². The molecule has 0 radical (unpaired) electrons. The van der Waals surface area contributed by atoms with E-state index in [1.165, 1.54) is 0 Å². The van der Waals surface area contributed by atoms with Gasteiger partial charge in [-0.25, -0.2) is 4.98 Å². The number of nitrogens with two attached hydrogens (primary N) is 1. The van der Waals surface area contributed by atoms with E-state index in [1.807, 2.05) is 19.1 Å². The maximum absolute atomic E-state index is 5.75. The molecule has 1 heterocycles. The summed E-state index contributed by atoms with van der Waals surface area (Å²) in [7, 11) is 0. The number of anilines is 1. The molecule has 3 nitrogen and oxygen atoms in total. The molecule has 0 fully saturated rings. The second-order valence-corrected chi connectivity index (χ2v) is 3.53. The lowest BCUT2D eigenvalue weighted by Gasteiger charge is -2.00. The van der Waals surface area contributed by atoms with E-state index in [4.69, 9.17) is 5.73 Å². The van der Waals surface area contributed by atoms with Crippen molar-refractivity contribution in [3.63, 3.8) is 0 Å². The number of pyridine rings is 1. The molecule has 82 valence electrons. The van der Waals surface area contributed by atoms with Crippen molar-refractivity contribution in [1.82, 2.24) is 10.3 Å². The number of rotatable bonds is 5. The van der Waals surface area contributed by atoms with Gasteiger partial charge >= 0.3 is 0 Å². The fourth-order valence-electron chi connectivity index (χ4n) is 1.31. The van der Waals surface area contributed by atoms with Gasteiger partial charge < -0.3 is 11.1 Å². The summed E-state index contributed by atoms with van der Waals surface area (Å²) in [6.07, 6.45) is 6.95. The zero-order valence-electron chi connectivity index (χ0n) is 9.46. The van der Waals surface area contributed by atoms with Crippen molar-refractivity contribution in [2.75, 3.05) is 18.8 Å². The minimum atomic E-state index is 0.598. The Morgan fingerprint density at radius 2 is 2.33 bits per heavy atom. The zero-order chi connectivity index (χ0) is 11.1. The fraction of sp³-hybridized carbons (Fsp3) is 0.417. The van der Waals surface area contributed by atoms with Crippen LogP contribution in [-0.4, -0.2) is 18.1 Å². The molecule has 1 aromatic heterocycles. The van der Waals surface area contributed by atoms with Gasteiger partial charge in [-0.3, -0.25) is 0 Å². The summed E-state index contributed by atoms with van der Waals surface area (Å²) in [5.41, 5.74) is 7.89. The summed E-state index contributed by atoms with van der Waals surface area (Å²) in [6, 6.07) is 2.05. The quantitative estimate of drug-likeness (QED) is 0.723. The molecule has 0 spiro atoms. The van der Waals surface area contributed by atoms with Crippen molar-refractivity contribution in [2.45, 2.75) is 20.3 Å². The molecule has 0 aliphatic carbocycles. The maximum atomic E-state index is 5.75. The third kappa shape index (κ3) is 4.13. The summed E-state index contributed by atoms with van der Waals surface area (Å²) in [6.45, 7) is 6.14. The topological polar surface area (TPSA) is 50.9 Å². The molecule has 3 N–H and O–H groups in total. The SMILES string of the molecule is CCNCCC=Cc1cc(C)cnc1N. The number of nitrogens with zero attached hydrogens (tertiary/aromatic N) is 1. The maximum Gasteiger partial charge on any atom is 0.130 e. The van der Waals surface area contributed by atoms with Crippen molar-refractivity contribution in [3.8, 4) is 0 Å². The molecule has 1 aromatic rings. The second-order valence-electron chi connectivity index (χ2n) is 3.53. The molecule has 0 aromatic carbocycles. The lowest BCUT2D eigenvalue weighted by atomic mass is 10.2. The highest BCUT2D eigenvalue weighted by atomic mass is 14.8. The van der Waals surface area contributed by atoms with Crippen molar-refractivity contribution < 1.29 is 0 Å². The molecule has 0 unspecified atom stereocenters. The van der Waals surface area contributed by atoms with E-state index in [0.29, 0.717) is 5.82 Å². The zero-order valence-corrected chi connectivity index (χ0v) is 9.46. The summed E-state index contributed by atoms with van der Waals surface area (Å²) in [4.78, 5) is 4.10. The van der Waals surface area contributed by atoms with Gasteiger partial charge in [0.2, 0.25) is 0 Å². The molecule has 0 atom stereocenters. The molecule has 0 bridgehead atoms. The van der Waals surface area contributed by atoms with Crippen LogP contribution in [0.4, 0.5) is 5.82 Å². The summed E-state index contributed by atoms with van der Waals surface area (Å²) < 4.78 is 0. The van der Waals surface area contributed by atoms with Crippen LogP contribution in [0.25, 0.3) is 6.08 Å². The molecule has 0 saturated heterocycles. The molecule has 0 amide bonds. The van der Waals surface area contributed by atoms with Crippen LogP contribution >= 0.6 is 0 Å². The predicted molar refractivity (Wildman–Crippen MR) is 65.6 cm³/mol. The van der Waals surface area contributed by atoms with E-state index < -0.39 is 0 Å². The standard InChI is InChI=1S/C12H19N3/c1-3-14-7-5-4-6-11-8-10(2)9-15-12(11)13/h4,6,8-9,14H,3,5,7H2,1-2H3,(H2,13,15). The molecular weight excluding hydrogens is 186 g/mol. The summed E-state index contributed by atoms with van der Waals surface area (Å²) in [5, 5.41) is 3.26. The number of nitrogen functional groups attached to an aromatic ring is 1. The average molecular weight is 205 g/mol.